The SMILES string of the molecule is CCC(Br)CCCC(=O)[O-]. The lowest BCUT2D eigenvalue weighted by Gasteiger charge is -2.05. The summed E-state index contributed by atoms with van der Waals surface area (Å²) in [5, 5.41) is 9.94. The van der Waals surface area contributed by atoms with Crippen LogP contribution in [0.1, 0.15) is 32.6 Å². The minimum Gasteiger partial charge on any atom is -0.550 e. The predicted octanol–water partition coefficient (Wildman–Crippen LogP) is 1.08. The Balaban J connectivity index is 3.11. The molecule has 0 fully saturated rings. The molecular formula is C7H12BrO2-. The Hall–Kier alpha value is -0.0500. The first kappa shape index (κ1) is 9.95. The number of hydrogen-bond donors (Lipinski definition) is 0. The lowest BCUT2D eigenvalue weighted by atomic mass is 10.1. The Morgan fingerprint density at radius 3 is 2.70 bits per heavy atom. The fraction of sp³-hybridized carbons (Fsp3) is 0.857. The molecule has 0 aliphatic rings. The summed E-state index contributed by atoms with van der Waals surface area (Å²) in [5.41, 5.74) is 0. The van der Waals surface area contributed by atoms with Gasteiger partial charge in [0.15, 0.2) is 0 Å². The number of carbonyl (C=O) groups excluding carboxylic acids is 1. The van der Waals surface area contributed by atoms with E-state index in [2.05, 4.69) is 22.9 Å². The zero-order chi connectivity index (χ0) is 7.98. The van der Waals surface area contributed by atoms with E-state index in [-0.39, 0.29) is 6.42 Å². The monoisotopic (exact) mass is 207 g/mol. The molecule has 0 heterocycles. The van der Waals surface area contributed by atoms with Crippen molar-refractivity contribution in [1.82, 2.24) is 0 Å². The van der Waals surface area contributed by atoms with Crippen molar-refractivity contribution in [1.29, 1.82) is 0 Å². The molecule has 0 radical (unpaired) electrons. The predicted molar refractivity (Wildman–Crippen MR) is 41.9 cm³/mol. The third-order valence-electron chi connectivity index (χ3n) is 1.34. The molecule has 60 valence electrons. The standard InChI is InChI=1S/C7H13BrO2/c1-2-6(8)4-3-5-7(9)10/h6H,2-5H2,1H3,(H,9,10)/p-1. The van der Waals surface area contributed by atoms with Gasteiger partial charge in [-0.15, -0.1) is 0 Å². The van der Waals surface area contributed by atoms with Crippen molar-refractivity contribution in [3.05, 3.63) is 0 Å². The first-order valence-corrected chi connectivity index (χ1v) is 4.42. The van der Waals surface area contributed by atoms with Gasteiger partial charge in [-0.3, -0.25) is 0 Å². The molecule has 0 saturated heterocycles. The van der Waals surface area contributed by atoms with Crippen molar-refractivity contribution in [2.45, 2.75) is 37.4 Å². The maximum atomic E-state index is 9.94. The highest BCUT2D eigenvalue weighted by Crippen LogP contribution is 2.12. The van der Waals surface area contributed by atoms with Crippen LogP contribution in [0.25, 0.3) is 0 Å². The lowest BCUT2D eigenvalue weighted by molar-refractivity contribution is -0.305. The molecule has 0 N–H and O–H groups in total. The Morgan fingerprint density at radius 2 is 2.30 bits per heavy atom. The second-order valence-electron chi connectivity index (χ2n) is 2.27. The molecule has 0 saturated carbocycles. The summed E-state index contributed by atoms with van der Waals surface area (Å²) in [5.74, 6) is -0.948. The number of carboxylic acid groups (broad SMARTS) is 1. The number of halogens is 1. The van der Waals surface area contributed by atoms with Gasteiger partial charge in [-0.05, 0) is 25.7 Å². The second kappa shape index (κ2) is 5.71. The summed E-state index contributed by atoms with van der Waals surface area (Å²) in [4.78, 5) is 10.4. The van der Waals surface area contributed by atoms with Crippen LogP contribution in [0.15, 0.2) is 0 Å². The molecule has 0 rings (SSSR count). The van der Waals surface area contributed by atoms with E-state index in [1.807, 2.05) is 0 Å². The maximum Gasteiger partial charge on any atom is 0.0414 e. The maximum absolute atomic E-state index is 9.94. The van der Waals surface area contributed by atoms with Crippen molar-refractivity contribution in [3.63, 3.8) is 0 Å². The molecule has 3 heteroatoms. The molecule has 0 amide bonds. The van der Waals surface area contributed by atoms with Gasteiger partial charge in [-0.25, -0.2) is 0 Å². The van der Waals surface area contributed by atoms with Crippen LogP contribution in [0, 0.1) is 0 Å². The van der Waals surface area contributed by atoms with Crippen LogP contribution in [0.3, 0.4) is 0 Å². The first-order chi connectivity index (χ1) is 4.66. The smallest absolute Gasteiger partial charge is 0.0414 e. The van der Waals surface area contributed by atoms with Crippen LogP contribution in [0.4, 0.5) is 0 Å². The van der Waals surface area contributed by atoms with Gasteiger partial charge in [-0.2, -0.15) is 0 Å². The minimum atomic E-state index is -0.948. The third kappa shape index (κ3) is 6.08. The van der Waals surface area contributed by atoms with Gasteiger partial charge in [0.05, 0.1) is 0 Å². The van der Waals surface area contributed by atoms with Gasteiger partial charge in [0.1, 0.15) is 0 Å². The van der Waals surface area contributed by atoms with E-state index >= 15 is 0 Å². The molecule has 10 heavy (non-hydrogen) atoms. The Labute approximate surface area is 69.8 Å². The highest BCUT2D eigenvalue weighted by molar-refractivity contribution is 9.09. The van der Waals surface area contributed by atoms with Gasteiger partial charge in [0.2, 0.25) is 0 Å². The van der Waals surface area contributed by atoms with E-state index in [1.54, 1.807) is 0 Å². The van der Waals surface area contributed by atoms with Crippen LogP contribution in [0.2, 0.25) is 0 Å². The third-order valence-corrected chi connectivity index (χ3v) is 2.45. The van der Waals surface area contributed by atoms with E-state index in [9.17, 15) is 9.90 Å². The number of alkyl halides is 1. The summed E-state index contributed by atoms with van der Waals surface area (Å²) >= 11 is 3.41. The van der Waals surface area contributed by atoms with Gasteiger partial charge < -0.3 is 9.90 Å². The highest BCUT2D eigenvalue weighted by Gasteiger charge is 1.98. The number of carboxylic acids is 1. The van der Waals surface area contributed by atoms with E-state index in [4.69, 9.17) is 0 Å². The highest BCUT2D eigenvalue weighted by atomic mass is 79.9. The lowest BCUT2D eigenvalue weighted by Crippen LogP contribution is -2.21. The van der Waals surface area contributed by atoms with Gasteiger partial charge in [0, 0.05) is 10.8 Å². The molecule has 0 aliphatic heterocycles. The van der Waals surface area contributed by atoms with E-state index < -0.39 is 5.97 Å². The van der Waals surface area contributed by atoms with Gasteiger partial charge in [0.25, 0.3) is 0 Å². The summed E-state index contributed by atoms with van der Waals surface area (Å²) in [6, 6.07) is 0. The number of aliphatic carboxylic acids is 1. The van der Waals surface area contributed by atoms with Crippen LogP contribution < -0.4 is 5.11 Å². The van der Waals surface area contributed by atoms with E-state index in [1.165, 1.54) is 0 Å². The average Bonchev–Trinajstić information content (AvgIpc) is 1.87. The Kier molecular flexibility index (Phi) is 5.69. The molecule has 0 aromatic heterocycles. The number of hydrogen-bond acceptors (Lipinski definition) is 2. The molecule has 0 aromatic rings. The van der Waals surface area contributed by atoms with Crippen molar-refractivity contribution < 1.29 is 9.90 Å². The van der Waals surface area contributed by atoms with Crippen LogP contribution >= 0.6 is 15.9 Å². The van der Waals surface area contributed by atoms with E-state index in [0.29, 0.717) is 11.2 Å². The Morgan fingerprint density at radius 1 is 1.70 bits per heavy atom. The average molecular weight is 208 g/mol. The topological polar surface area (TPSA) is 40.1 Å². The fourth-order valence-corrected chi connectivity index (χ4v) is 0.996. The van der Waals surface area contributed by atoms with Crippen LogP contribution in [-0.2, 0) is 4.79 Å². The number of rotatable bonds is 5. The molecule has 0 aromatic carbocycles. The molecule has 0 bridgehead atoms. The summed E-state index contributed by atoms with van der Waals surface area (Å²) in [6.07, 6.45) is 2.87. The fourth-order valence-electron chi connectivity index (χ4n) is 0.672. The molecule has 0 aliphatic carbocycles. The summed E-state index contributed by atoms with van der Waals surface area (Å²) in [7, 11) is 0. The zero-order valence-electron chi connectivity index (χ0n) is 6.10. The van der Waals surface area contributed by atoms with Crippen molar-refractivity contribution in [2.75, 3.05) is 0 Å². The van der Waals surface area contributed by atoms with Crippen molar-refractivity contribution in [2.24, 2.45) is 0 Å². The van der Waals surface area contributed by atoms with Crippen LogP contribution in [0.5, 0.6) is 0 Å². The van der Waals surface area contributed by atoms with E-state index in [0.717, 1.165) is 12.8 Å². The minimum absolute atomic E-state index is 0.183. The molecular weight excluding hydrogens is 196 g/mol. The Bertz CT molecular complexity index is 104. The van der Waals surface area contributed by atoms with Gasteiger partial charge in [-0.1, -0.05) is 22.9 Å². The molecule has 0 spiro atoms. The molecule has 2 nitrogen and oxygen atoms in total. The van der Waals surface area contributed by atoms with Gasteiger partial charge >= 0.3 is 0 Å². The second-order valence-corrected chi connectivity index (χ2v) is 3.56. The first-order valence-electron chi connectivity index (χ1n) is 3.50. The zero-order valence-corrected chi connectivity index (χ0v) is 7.69. The molecule has 1 unspecified atom stereocenters. The number of carbonyl (C=O) groups is 1. The normalized spacial score (nSPS) is 13.0. The quantitative estimate of drug-likeness (QED) is 0.634. The van der Waals surface area contributed by atoms with Crippen molar-refractivity contribution in [3.8, 4) is 0 Å². The largest absolute Gasteiger partial charge is 0.550 e. The van der Waals surface area contributed by atoms with Crippen LogP contribution in [-0.4, -0.2) is 10.8 Å². The summed E-state index contributed by atoms with van der Waals surface area (Å²) < 4.78 is 0. The summed E-state index contributed by atoms with van der Waals surface area (Å²) in [6.45, 7) is 2.07. The molecule has 1 atom stereocenters. The van der Waals surface area contributed by atoms with Crippen molar-refractivity contribution >= 4 is 21.9 Å².